The molecule has 10 nitrogen and oxygen atoms in total. The van der Waals surface area contributed by atoms with Crippen molar-refractivity contribution in [3.63, 3.8) is 0 Å². The van der Waals surface area contributed by atoms with Crippen molar-refractivity contribution in [2.45, 2.75) is 31.6 Å². The van der Waals surface area contributed by atoms with Crippen molar-refractivity contribution in [1.29, 1.82) is 0 Å². The molecule has 0 radical (unpaired) electrons. The van der Waals surface area contributed by atoms with Crippen molar-refractivity contribution in [2.75, 3.05) is 13.1 Å². The number of carbonyl (C=O) groups is 2. The minimum Gasteiger partial charge on any atom is -0.464 e. The third kappa shape index (κ3) is 5.60. The van der Waals surface area contributed by atoms with Crippen molar-refractivity contribution < 1.29 is 32.6 Å². The van der Waals surface area contributed by atoms with Gasteiger partial charge >= 0.3 is 12.3 Å². The highest BCUT2D eigenvalue weighted by molar-refractivity contribution is 6.02. The van der Waals surface area contributed by atoms with E-state index in [0.717, 1.165) is 54.5 Å². The average Bonchev–Trinajstić information content (AvgIpc) is 3.28. The number of amides is 1. The zero-order chi connectivity index (χ0) is 28.6. The maximum Gasteiger partial charge on any atom is 0.417 e. The number of halogens is 3. The summed E-state index contributed by atoms with van der Waals surface area (Å²) in [5.74, 6) is -0.569. The van der Waals surface area contributed by atoms with Crippen molar-refractivity contribution in [3.05, 3.63) is 71.8 Å². The molecule has 0 unspecified atom stereocenters. The molecule has 1 fully saturated rings. The number of ether oxygens (including phenoxy) is 1. The fraction of sp³-hybridized carbons (Fsp3) is 0.259. The van der Waals surface area contributed by atoms with Gasteiger partial charge in [0.05, 0.1) is 16.8 Å². The predicted octanol–water partition coefficient (Wildman–Crippen LogP) is 4.46. The summed E-state index contributed by atoms with van der Waals surface area (Å²) in [4.78, 5) is 34.1. The number of nitrogens with two attached hydrogens (primary N) is 2. The van der Waals surface area contributed by atoms with E-state index < -0.39 is 23.7 Å². The van der Waals surface area contributed by atoms with E-state index in [1.54, 1.807) is 6.07 Å². The molecule has 2 aromatic heterocycles. The summed E-state index contributed by atoms with van der Waals surface area (Å²) in [6.07, 6.45) is -1.98. The third-order valence-electron chi connectivity index (χ3n) is 6.82. The first-order valence-electron chi connectivity index (χ1n) is 12.4. The number of fused-ring (bicyclic) bond motifs is 1. The van der Waals surface area contributed by atoms with Gasteiger partial charge < -0.3 is 21.3 Å². The number of carbonyl (C=O) groups excluding carboxylic acids is 1. The van der Waals surface area contributed by atoms with E-state index in [9.17, 15) is 27.9 Å². The summed E-state index contributed by atoms with van der Waals surface area (Å²) in [6, 6.07) is 9.17. The van der Waals surface area contributed by atoms with E-state index in [1.165, 1.54) is 24.5 Å². The van der Waals surface area contributed by atoms with E-state index in [2.05, 4.69) is 14.9 Å². The number of carboxylic acid groups (broad SMARTS) is 1. The van der Waals surface area contributed by atoms with E-state index in [1.807, 2.05) is 0 Å². The minimum atomic E-state index is -4.84. The highest BCUT2D eigenvalue weighted by Crippen LogP contribution is 2.42. The largest absolute Gasteiger partial charge is 0.464 e. The Bertz CT molecular complexity index is 1600. The molecule has 13 heteroatoms. The summed E-state index contributed by atoms with van der Waals surface area (Å²) in [7, 11) is 0. The van der Waals surface area contributed by atoms with Gasteiger partial charge in [-0.2, -0.15) is 13.2 Å². The average molecular weight is 555 g/mol. The molecule has 1 aliphatic heterocycles. The Kier molecular flexibility index (Phi) is 7.17. The van der Waals surface area contributed by atoms with Crippen molar-refractivity contribution in [3.8, 4) is 22.8 Å². The Hall–Kier alpha value is -4.49. The molecule has 0 saturated carbocycles. The van der Waals surface area contributed by atoms with E-state index in [-0.39, 0.29) is 45.3 Å². The summed E-state index contributed by atoms with van der Waals surface area (Å²) in [5.41, 5.74) is 10.3. The molecular weight excluding hydrogens is 529 g/mol. The molecule has 1 amide bonds. The number of alkyl halides is 3. The van der Waals surface area contributed by atoms with Gasteiger partial charge in [0.1, 0.15) is 12.1 Å². The lowest BCUT2D eigenvalue weighted by Crippen LogP contribution is -2.39. The lowest BCUT2D eigenvalue weighted by molar-refractivity contribution is -0.137. The van der Waals surface area contributed by atoms with E-state index in [0.29, 0.717) is 12.6 Å². The van der Waals surface area contributed by atoms with Crippen molar-refractivity contribution in [1.82, 2.24) is 19.4 Å². The Balaban J connectivity index is 1.52. The van der Waals surface area contributed by atoms with Crippen molar-refractivity contribution in [2.24, 2.45) is 11.5 Å². The molecule has 1 aliphatic rings. The highest BCUT2D eigenvalue weighted by Gasteiger charge is 2.35. The summed E-state index contributed by atoms with van der Waals surface area (Å²) < 4.78 is 48.8. The standard InChI is InChI=1S/C27H25F3N6O4/c28-27(29,30)22-9-15(25(32)37)1-3-19(22)21-13-36(26(38)39)23-4-2-18(11-20(21)23)40-24-10-17(33-14-34-24)12-35-7-5-16(31)6-8-35/h1-4,9-11,13-14,16H,5-8,12,31H2,(H2,32,37)(H,38,39). The molecule has 5 rings (SSSR count). The van der Waals surface area contributed by atoms with Gasteiger partial charge in [-0.3, -0.25) is 14.3 Å². The van der Waals surface area contributed by atoms with Crippen LogP contribution in [0.3, 0.4) is 0 Å². The molecule has 0 bridgehead atoms. The molecule has 0 spiro atoms. The van der Waals surface area contributed by atoms with Crippen LogP contribution in [0.1, 0.15) is 34.5 Å². The maximum atomic E-state index is 14.0. The smallest absolute Gasteiger partial charge is 0.417 e. The molecule has 2 aromatic carbocycles. The lowest BCUT2D eigenvalue weighted by atomic mass is 9.96. The number of primary amides is 1. The van der Waals surface area contributed by atoms with Crippen LogP contribution in [-0.2, 0) is 12.7 Å². The monoisotopic (exact) mass is 554 g/mol. The Morgan fingerprint density at radius 1 is 1.05 bits per heavy atom. The highest BCUT2D eigenvalue weighted by atomic mass is 19.4. The van der Waals surface area contributed by atoms with Gasteiger partial charge in [0, 0.05) is 54.5 Å². The Labute approximate surface area is 226 Å². The van der Waals surface area contributed by atoms with Crippen LogP contribution in [0.2, 0.25) is 0 Å². The topological polar surface area (TPSA) is 150 Å². The second-order valence-corrected chi connectivity index (χ2v) is 9.56. The maximum absolute atomic E-state index is 14.0. The molecule has 0 atom stereocenters. The zero-order valence-electron chi connectivity index (χ0n) is 21.1. The fourth-order valence-electron chi connectivity index (χ4n) is 4.79. The number of benzene rings is 2. The van der Waals surface area contributed by atoms with Crippen LogP contribution in [0.5, 0.6) is 11.6 Å². The number of aromatic nitrogens is 3. The van der Waals surface area contributed by atoms with Crippen LogP contribution in [0.25, 0.3) is 22.0 Å². The minimum absolute atomic E-state index is 0.0159. The molecule has 3 heterocycles. The Morgan fingerprint density at radius 2 is 1.80 bits per heavy atom. The van der Waals surface area contributed by atoms with Gasteiger partial charge in [0.25, 0.3) is 0 Å². The molecule has 40 heavy (non-hydrogen) atoms. The molecule has 0 aliphatic carbocycles. The van der Waals surface area contributed by atoms with E-state index in [4.69, 9.17) is 16.2 Å². The first kappa shape index (κ1) is 27.1. The molecule has 5 N–H and O–H groups in total. The first-order valence-corrected chi connectivity index (χ1v) is 12.4. The van der Waals surface area contributed by atoms with Gasteiger partial charge in [0.15, 0.2) is 0 Å². The fourth-order valence-corrected chi connectivity index (χ4v) is 4.79. The van der Waals surface area contributed by atoms with Crippen LogP contribution in [0, 0.1) is 0 Å². The summed E-state index contributed by atoms with van der Waals surface area (Å²) >= 11 is 0. The van der Waals surface area contributed by atoms with Gasteiger partial charge in [-0.05, 0) is 48.7 Å². The quantitative estimate of drug-likeness (QED) is 0.316. The Morgan fingerprint density at radius 3 is 2.48 bits per heavy atom. The molecule has 208 valence electrons. The first-order chi connectivity index (χ1) is 19.0. The summed E-state index contributed by atoms with van der Waals surface area (Å²) in [5, 5.41) is 9.88. The number of nitrogens with zero attached hydrogens (tertiary/aromatic N) is 4. The van der Waals surface area contributed by atoms with Gasteiger partial charge in [-0.25, -0.2) is 14.8 Å². The van der Waals surface area contributed by atoms with Crippen LogP contribution in [0.4, 0.5) is 18.0 Å². The number of hydrogen-bond acceptors (Lipinski definition) is 7. The number of hydrogen-bond donors (Lipinski definition) is 3. The van der Waals surface area contributed by atoms with Crippen LogP contribution < -0.4 is 16.2 Å². The SMILES string of the molecule is NC(=O)c1ccc(-c2cn(C(=O)O)c3ccc(Oc4cc(CN5CCC(N)CC5)ncn4)cc23)c(C(F)(F)F)c1. The molecule has 4 aromatic rings. The van der Waals surface area contributed by atoms with E-state index >= 15 is 0 Å². The normalized spacial score (nSPS) is 14.9. The molecule has 1 saturated heterocycles. The van der Waals surface area contributed by atoms with Gasteiger partial charge in [0.2, 0.25) is 11.8 Å². The second kappa shape index (κ2) is 10.6. The number of piperidine rings is 1. The third-order valence-corrected chi connectivity index (χ3v) is 6.82. The van der Waals surface area contributed by atoms with Crippen molar-refractivity contribution >= 4 is 22.9 Å². The van der Waals surface area contributed by atoms with Crippen LogP contribution >= 0.6 is 0 Å². The second-order valence-electron chi connectivity index (χ2n) is 9.56. The predicted molar refractivity (Wildman–Crippen MR) is 139 cm³/mol. The summed E-state index contributed by atoms with van der Waals surface area (Å²) in [6.45, 7) is 2.28. The number of rotatable bonds is 6. The lowest BCUT2D eigenvalue weighted by Gasteiger charge is -2.29. The van der Waals surface area contributed by atoms with Crippen LogP contribution in [0.15, 0.2) is 55.0 Å². The van der Waals surface area contributed by atoms with Crippen LogP contribution in [-0.4, -0.2) is 55.7 Å². The van der Waals surface area contributed by atoms with Gasteiger partial charge in [-0.15, -0.1) is 0 Å². The molecular formula is C27H25F3N6O4. The van der Waals surface area contributed by atoms with Gasteiger partial charge in [-0.1, -0.05) is 6.07 Å². The number of likely N-dealkylation sites (tertiary alicyclic amines) is 1. The zero-order valence-corrected chi connectivity index (χ0v) is 21.1.